The molecule has 0 bridgehead atoms. The molecule has 0 fully saturated rings. The Hall–Kier alpha value is -2.71. The maximum Gasteiger partial charge on any atom is 0.307 e. The molecule has 1 amide bonds. The summed E-state index contributed by atoms with van der Waals surface area (Å²) in [7, 11) is -3.79. The molecule has 2 aromatic rings. The highest BCUT2D eigenvalue weighted by Crippen LogP contribution is 2.29. The standard InChI is InChI=1S/C24H32N2O5S/c1-16-17(2)19(4)24(20(5)18(16)3)32(29,30)26-14-12-23(28)31-15-22(27)25-13-11-21-9-7-6-8-10-21/h6-10,26H,11-15H2,1-5H3,(H,25,27). The van der Waals surface area contributed by atoms with Gasteiger partial charge in [-0.2, -0.15) is 0 Å². The lowest BCUT2D eigenvalue weighted by molar-refractivity contribution is -0.148. The highest BCUT2D eigenvalue weighted by Gasteiger charge is 2.23. The fourth-order valence-corrected chi connectivity index (χ4v) is 5.12. The SMILES string of the molecule is Cc1c(C)c(C)c(S(=O)(=O)NCCC(=O)OCC(=O)NCCc2ccccc2)c(C)c1C. The molecular weight excluding hydrogens is 428 g/mol. The molecule has 0 saturated heterocycles. The van der Waals surface area contributed by atoms with Crippen LogP contribution < -0.4 is 10.0 Å². The predicted molar refractivity (Wildman–Crippen MR) is 124 cm³/mol. The molecule has 0 heterocycles. The van der Waals surface area contributed by atoms with Gasteiger partial charge in [0.2, 0.25) is 10.0 Å². The van der Waals surface area contributed by atoms with Crippen LogP contribution in [0.4, 0.5) is 0 Å². The van der Waals surface area contributed by atoms with Gasteiger partial charge in [0, 0.05) is 13.1 Å². The zero-order valence-electron chi connectivity index (χ0n) is 19.4. The monoisotopic (exact) mass is 460 g/mol. The summed E-state index contributed by atoms with van der Waals surface area (Å²) in [6, 6.07) is 9.71. The summed E-state index contributed by atoms with van der Waals surface area (Å²) in [5, 5.41) is 2.69. The Labute approximate surface area is 190 Å². The highest BCUT2D eigenvalue weighted by molar-refractivity contribution is 7.89. The maximum atomic E-state index is 12.8. The third kappa shape index (κ3) is 6.64. The first-order valence-electron chi connectivity index (χ1n) is 10.6. The topological polar surface area (TPSA) is 102 Å². The number of rotatable bonds is 10. The average molecular weight is 461 g/mol. The first kappa shape index (κ1) is 25.5. The van der Waals surface area contributed by atoms with Crippen LogP contribution in [0, 0.1) is 34.6 Å². The van der Waals surface area contributed by atoms with Crippen LogP contribution in [0.2, 0.25) is 0 Å². The van der Waals surface area contributed by atoms with Crippen molar-refractivity contribution < 1.29 is 22.7 Å². The zero-order valence-corrected chi connectivity index (χ0v) is 20.2. The quantitative estimate of drug-likeness (QED) is 0.531. The van der Waals surface area contributed by atoms with E-state index in [4.69, 9.17) is 4.74 Å². The van der Waals surface area contributed by atoms with Gasteiger partial charge in [-0.15, -0.1) is 0 Å². The molecule has 0 atom stereocenters. The van der Waals surface area contributed by atoms with Crippen molar-refractivity contribution in [2.45, 2.75) is 52.4 Å². The van der Waals surface area contributed by atoms with E-state index in [1.165, 1.54) is 0 Å². The van der Waals surface area contributed by atoms with Gasteiger partial charge in [0.25, 0.3) is 5.91 Å². The Morgan fingerprint density at radius 1 is 0.844 bits per heavy atom. The van der Waals surface area contributed by atoms with Crippen LogP contribution in [0.15, 0.2) is 35.2 Å². The average Bonchev–Trinajstić information content (AvgIpc) is 2.75. The lowest BCUT2D eigenvalue weighted by Gasteiger charge is -2.19. The third-order valence-corrected chi connectivity index (χ3v) is 7.50. The summed E-state index contributed by atoms with van der Waals surface area (Å²) in [5.41, 5.74) is 5.45. The Balaban J connectivity index is 1.79. The highest BCUT2D eigenvalue weighted by atomic mass is 32.2. The van der Waals surface area contributed by atoms with E-state index < -0.39 is 28.5 Å². The van der Waals surface area contributed by atoms with Crippen LogP contribution in [0.1, 0.15) is 39.8 Å². The molecule has 0 spiro atoms. The molecular formula is C24H32N2O5S. The van der Waals surface area contributed by atoms with Gasteiger partial charge in [0.15, 0.2) is 6.61 Å². The summed E-state index contributed by atoms with van der Waals surface area (Å²) in [6.45, 7) is 9.28. The molecule has 0 radical (unpaired) electrons. The molecule has 2 rings (SSSR count). The predicted octanol–water partition coefficient (Wildman–Crippen LogP) is 2.80. The molecule has 174 valence electrons. The first-order valence-corrected chi connectivity index (χ1v) is 12.1. The minimum Gasteiger partial charge on any atom is -0.456 e. The number of hydrogen-bond acceptors (Lipinski definition) is 5. The van der Waals surface area contributed by atoms with Crippen molar-refractivity contribution in [2.75, 3.05) is 19.7 Å². The smallest absolute Gasteiger partial charge is 0.307 e. The molecule has 2 aromatic carbocycles. The molecule has 0 saturated carbocycles. The van der Waals surface area contributed by atoms with Gasteiger partial charge >= 0.3 is 5.97 Å². The molecule has 0 aliphatic carbocycles. The van der Waals surface area contributed by atoms with Gasteiger partial charge in [-0.05, 0) is 74.4 Å². The third-order valence-electron chi connectivity index (χ3n) is 5.76. The van der Waals surface area contributed by atoms with Gasteiger partial charge in [-0.3, -0.25) is 9.59 Å². The molecule has 0 unspecified atom stereocenters. The van der Waals surface area contributed by atoms with Crippen molar-refractivity contribution in [1.82, 2.24) is 10.0 Å². The molecule has 0 aromatic heterocycles. The number of nitrogens with one attached hydrogen (secondary N) is 2. The number of hydrogen-bond donors (Lipinski definition) is 2. The number of carbonyl (C=O) groups excluding carboxylic acids is 2. The fraction of sp³-hybridized carbons (Fsp3) is 0.417. The van der Waals surface area contributed by atoms with Gasteiger partial charge in [-0.25, -0.2) is 13.1 Å². The minimum atomic E-state index is -3.79. The Morgan fingerprint density at radius 3 is 2.00 bits per heavy atom. The summed E-state index contributed by atoms with van der Waals surface area (Å²) in [5.74, 6) is -1.04. The second kappa shape index (κ2) is 11.2. The maximum absolute atomic E-state index is 12.8. The van der Waals surface area contributed by atoms with Crippen molar-refractivity contribution in [3.8, 4) is 0 Å². The molecule has 0 aliphatic rings. The number of benzene rings is 2. The van der Waals surface area contributed by atoms with Crippen molar-refractivity contribution in [3.05, 3.63) is 63.7 Å². The largest absolute Gasteiger partial charge is 0.456 e. The zero-order chi connectivity index (χ0) is 23.9. The van der Waals surface area contributed by atoms with Crippen LogP contribution in [-0.2, 0) is 30.8 Å². The van der Waals surface area contributed by atoms with E-state index in [1.807, 2.05) is 51.1 Å². The van der Waals surface area contributed by atoms with E-state index in [0.29, 0.717) is 24.1 Å². The Bertz CT molecular complexity index is 1050. The van der Waals surface area contributed by atoms with Crippen molar-refractivity contribution in [3.63, 3.8) is 0 Å². The first-order chi connectivity index (χ1) is 15.0. The van der Waals surface area contributed by atoms with E-state index in [9.17, 15) is 18.0 Å². The van der Waals surface area contributed by atoms with Crippen LogP contribution >= 0.6 is 0 Å². The second-order valence-corrected chi connectivity index (χ2v) is 9.55. The lowest BCUT2D eigenvalue weighted by atomic mass is 9.95. The Kier molecular flexibility index (Phi) is 8.98. The van der Waals surface area contributed by atoms with Crippen LogP contribution in [0.3, 0.4) is 0 Å². The number of amides is 1. The van der Waals surface area contributed by atoms with E-state index in [-0.39, 0.29) is 17.9 Å². The van der Waals surface area contributed by atoms with Gasteiger partial charge in [0.05, 0.1) is 11.3 Å². The molecule has 8 heteroatoms. The van der Waals surface area contributed by atoms with Gasteiger partial charge in [0.1, 0.15) is 0 Å². The number of esters is 1. The van der Waals surface area contributed by atoms with Crippen LogP contribution in [-0.4, -0.2) is 40.0 Å². The number of sulfonamides is 1. The van der Waals surface area contributed by atoms with E-state index >= 15 is 0 Å². The van der Waals surface area contributed by atoms with Crippen LogP contribution in [0.25, 0.3) is 0 Å². The second-order valence-electron chi connectivity index (χ2n) is 7.85. The van der Waals surface area contributed by atoms with Crippen molar-refractivity contribution in [2.24, 2.45) is 0 Å². The van der Waals surface area contributed by atoms with Gasteiger partial charge < -0.3 is 10.1 Å². The van der Waals surface area contributed by atoms with Crippen LogP contribution in [0.5, 0.6) is 0 Å². The van der Waals surface area contributed by atoms with E-state index in [2.05, 4.69) is 10.0 Å². The lowest BCUT2D eigenvalue weighted by Crippen LogP contribution is -2.32. The summed E-state index contributed by atoms with van der Waals surface area (Å²) >= 11 is 0. The molecule has 32 heavy (non-hydrogen) atoms. The summed E-state index contributed by atoms with van der Waals surface area (Å²) < 4.78 is 33.1. The summed E-state index contributed by atoms with van der Waals surface area (Å²) in [6.07, 6.45) is 0.511. The molecule has 0 aliphatic heterocycles. The fourth-order valence-electron chi connectivity index (χ4n) is 3.49. The molecule has 7 nitrogen and oxygen atoms in total. The Morgan fingerprint density at radius 2 is 1.41 bits per heavy atom. The van der Waals surface area contributed by atoms with Crippen molar-refractivity contribution in [1.29, 1.82) is 0 Å². The summed E-state index contributed by atoms with van der Waals surface area (Å²) in [4.78, 5) is 24.0. The van der Waals surface area contributed by atoms with Crippen molar-refractivity contribution >= 4 is 21.9 Å². The normalized spacial score (nSPS) is 11.3. The van der Waals surface area contributed by atoms with E-state index in [0.717, 1.165) is 22.3 Å². The number of carbonyl (C=O) groups is 2. The van der Waals surface area contributed by atoms with Gasteiger partial charge in [-0.1, -0.05) is 30.3 Å². The molecule has 2 N–H and O–H groups in total. The minimum absolute atomic E-state index is 0.109. The number of ether oxygens (including phenoxy) is 1. The van der Waals surface area contributed by atoms with E-state index in [1.54, 1.807) is 13.8 Å².